The second-order valence-electron chi connectivity index (χ2n) is 3.48. The Morgan fingerprint density at radius 3 is 2.67 bits per heavy atom. The lowest BCUT2D eigenvalue weighted by molar-refractivity contribution is 0.184. The van der Waals surface area contributed by atoms with E-state index in [-0.39, 0.29) is 5.75 Å². The predicted molar refractivity (Wildman–Crippen MR) is 56.2 cm³/mol. The van der Waals surface area contributed by atoms with Crippen LogP contribution in [0.15, 0.2) is 18.2 Å². The number of hydrogen-bond acceptors (Lipinski definition) is 1. The van der Waals surface area contributed by atoms with Crippen LogP contribution in [0.5, 0.6) is 5.75 Å². The number of ether oxygens (including phenoxy) is 1. The van der Waals surface area contributed by atoms with Crippen LogP contribution in [-0.2, 0) is 6.42 Å². The van der Waals surface area contributed by atoms with E-state index in [1.165, 1.54) is 12.1 Å². The molecular formula is C12H16F2O. The highest BCUT2D eigenvalue weighted by Crippen LogP contribution is 2.19. The average molecular weight is 214 g/mol. The summed E-state index contributed by atoms with van der Waals surface area (Å²) in [5.41, 5.74) is 0.937. The van der Waals surface area contributed by atoms with Gasteiger partial charge in [0.2, 0.25) is 6.86 Å². The van der Waals surface area contributed by atoms with E-state index in [9.17, 15) is 8.78 Å². The Hall–Kier alpha value is -1.12. The molecule has 1 aromatic rings. The number of unbranched alkanes of at least 4 members (excludes halogenated alkanes) is 2. The first kappa shape index (κ1) is 12.0. The van der Waals surface area contributed by atoms with E-state index in [2.05, 4.69) is 11.7 Å². The largest absolute Gasteiger partial charge is 0.460 e. The van der Waals surface area contributed by atoms with Crippen molar-refractivity contribution in [3.63, 3.8) is 0 Å². The molecule has 0 saturated heterocycles. The normalized spacial score (nSPS) is 10.3. The van der Waals surface area contributed by atoms with Gasteiger partial charge in [0.05, 0.1) is 0 Å². The molecule has 0 fully saturated rings. The molecule has 0 aliphatic rings. The maximum atomic E-state index is 13.3. The molecule has 0 radical (unpaired) electrons. The molecule has 3 heteroatoms. The van der Waals surface area contributed by atoms with Gasteiger partial charge in [-0.3, -0.25) is 0 Å². The van der Waals surface area contributed by atoms with Gasteiger partial charge in [0.1, 0.15) is 0 Å². The maximum Gasteiger partial charge on any atom is 0.228 e. The molecule has 0 N–H and O–H groups in total. The smallest absolute Gasteiger partial charge is 0.228 e. The number of aryl methyl sites for hydroxylation is 1. The number of halogens is 2. The van der Waals surface area contributed by atoms with E-state index in [0.29, 0.717) is 0 Å². The molecule has 0 aliphatic heterocycles. The lowest BCUT2D eigenvalue weighted by atomic mass is 10.1. The second-order valence-corrected chi connectivity index (χ2v) is 3.48. The monoisotopic (exact) mass is 214 g/mol. The molecule has 0 saturated carbocycles. The summed E-state index contributed by atoms with van der Waals surface area (Å²) in [6.07, 6.45) is 4.20. The molecule has 0 aromatic heterocycles. The fourth-order valence-electron chi connectivity index (χ4n) is 1.45. The molecule has 15 heavy (non-hydrogen) atoms. The Balaban J connectivity index is 2.56. The maximum absolute atomic E-state index is 13.3. The van der Waals surface area contributed by atoms with E-state index in [1.54, 1.807) is 6.07 Å². The van der Waals surface area contributed by atoms with Crippen molar-refractivity contribution >= 4 is 0 Å². The van der Waals surface area contributed by atoms with Crippen molar-refractivity contribution in [1.29, 1.82) is 0 Å². The van der Waals surface area contributed by atoms with E-state index >= 15 is 0 Å². The van der Waals surface area contributed by atoms with Crippen molar-refractivity contribution in [3.05, 3.63) is 29.6 Å². The molecule has 0 unspecified atom stereocenters. The van der Waals surface area contributed by atoms with Gasteiger partial charge in [-0.25, -0.2) is 8.78 Å². The van der Waals surface area contributed by atoms with Crippen molar-refractivity contribution in [2.45, 2.75) is 32.6 Å². The minimum atomic E-state index is -0.994. The second kappa shape index (κ2) is 6.38. The molecule has 0 heterocycles. The zero-order valence-corrected chi connectivity index (χ0v) is 8.93. The number of rotatable bonds is 6. The Labute approximate surface area is 89.1 Å². The van der Waals surface area contributed by atoms with Gasteiger partial charge in [0.15, 0.2) is 11.6 Å². The van der Waals surface area contributed by atoms with Crippen molar-refractivity contribution in [1.82, 2.24) is 0 Å². The van der Waals surface area contributed by atoms with Crippen LogP contribution < -0.4 is 4.74 Å². The molecule has 0 bridgehead atoms. The summed E-state index contributed by atoms with van der Waals surface area (Å²) in [4.78, 5) is 0. The van der Waals surface area contributed by atoms with Crippen LogP contribution in [-0.4, -0.2) is 6.86 Å². The van der Waals surface area contributed by atoms with Crippen LogP contribution in [0, 0.1) is 5.82 Å². The standard InChI is InChI=1S/C12H16F2O/c1-2-3-4-5-10-6-7-12(15-9-13)11(14)8-10/h6-8H,2-5,9H2,1H3. The van der Waals surface area contributed by atoms with Gasteiger partial charge < -0.3 is 4.74 Å². The van der Waals surface area contributed by atoms with Gasteiger partial charge in [-0.05, 0) is 30.5 Å². The van der Waals surface area contributed by atoms with Gasteiger partial charge in [-0.2, -0.15) is 0 Å². The van der Waals surface area contributed by atoms with Gasteiger partial charge in [0.25, 0.3) is 0 Å². The Morgan fingerprint density at radius 1 is 1.27 bits per heavy atom. The first-order valence-corrected chi connectivity index (χ1v) is 5.25. The van der Waals surface area contributed by atoms with Crippen molar-refractivity contribution in [3.8, 4) is 5.75 Å². The minimum absolute atomic E-state index is 0.0169. The molecule has 1 aromatic carbocycles. The lowest BCUT2D eigenvalue weighted by Crippen LogP contribution is -1.95. The highest BCUT2D eigenvalue weighted by molar-refractivity contribution is 5.29. The zero-order valence-electron chi connectivity index (χ0n) is 8.93. The predicted octanol–water partition coefficient (Wildman–Crippen LogP) is 3.86. The summed E-state index contributed by atoms with van der Waals surface area (Å²) >= 11 is 0. The van der Waals surface area contributed by atoms with Gasteiger partial charge in [-0.15, -0.1) is 0 Å². The Bertz CT molecular complexity index is 300. The van der Waals surface area contributed by atoms with Gasteiger partial charge in [-0.1, -0.05) is 25.8 Å². The van der Waals surface area contributed by atoms with Crippen molar-refractivity contribution < 1.29 is 13.5 Å². The molecule has 0 spiro atoms. The van der Waals surface area contributed by atoms with Crippen LogP contribution in [0.4, 0.5) is 8.78 Å². The van der Waals surface area contributed by atoms with Crippen molar-refractivity contribution in [2.75, 3.05) is 6.86 Å². The SMILES string of the molecule is CCCCCc1ccc(OCF)c(F)c1. The van der Waals surface area contributed by atoms with Crippen LogP contribution in [0.3, 0.4) is 0 Å². The van der Waals surface area contributed by atoms with E-state index in [4.69, 9.17) is 0 Å². The molecule has 84 valence electrons. The third kappa shape index (κ3) is 3.86. The lowest BCUT2D eigenvalue weighted by Gasteiger charge is -2.05. The summed E-state index contributed by atoms with van der Waals surface area (Å²) < 4.78 is 29.5. The van der Waals surface area contributed by atoms with Crippen LogP contribution in [0.1, 0.15) is 31.7 Å². The molecule has 1 rings (SSSR count). The first-order chi connectivity index (χ1) is 7.27. The third-order valence-corrected chi connectivity index (χ3v) is 2.28. The van der Waals surface area contributed by atoms with E-state index in [0.717, 1.165) is 31.2 Å². The zero-order chi connectivity index (χ0) is 11.1. The summed E-state index contributed by atoms with van der Waals surface area (Å²) in [6.45, 7) is 1.13. The number of alkyl halides is 1. The Kier molecular flexibility index (Phi) is 5.08. The average Bonchev–Trinajstić information content (AvgIpc) is 2.23. The highest BCUT2D eigenvalue weighted by Gasteiger charge is 2.04. The van der Waals surface area contributed by atoms with Crippen LogP contribution in [0.2, 0.25) is 0 Å². The molecule has 0 amide bonds. The highest BCUT2D eigenvalue weighted by atomic mass is 19.1. The fraction of sp³-hybridized carbons (Fsp3) is 0.500. The molecule has 0 atom stereocenters. The van der Waals surface area contributed by atoms with E-state index < -0.39 is 12.7 Å². The quantitative estimate of drug-likeness (QED) is 0.653. The molecular weight excluding hydrogens is 198 g/mol. The first-order valence-electron chi connectivity index (χ1n) is 5.25. The van der Waals surface area contributed by atoms with Crippen LogP contribution >= 0.6 is 0 Å². The van der Waals surface area contributed by atoms with Crippen molar-refractivity contribution in [2.24, 2.45) is 0 Å². The van der Waals surface area contributed by atoms with Gasteiger partial charge in [0, 0.05) is 0 Å². The topological polar surface area (TPSA) is 9.23 Å². The Morgan fingerprint density at radius 2 is 2.07 bits per heavy atom. The summed E-state index contributed by atoms with van der Waals surface area (Å²) in [5.74, 6) is -0.501. The fourth-order valence-corrected chi connectivity index (χ4v) is 1.45. The summed E-state index contributed by atoms with van der Waals surface area (Å²) in [7, 11) is 0. The number of hydrogen-bond donors (Lipinski definition) is 0. The van der Waals surface area contributed by atoms with E-state index in [1.807, 2.05) is 0 Å². The summed E-state index contributed by atoms with van der Waals surface area (Å²) in [5, 5.41) is 0. The summed E-state index contributed by atoms with van der Waals surface area (Å²) in [6, 6.07) is 4.68. The van der Waals surface area contributed by atoms with Gasteiger partial charge >= 0.3 is 0 Å². The molecule has 1 nitrogen and oxygen atoms in total. The minimum Gasteiger partial charge on any atom is -0.460 e. The van der Waals surface area contributed by atoms with Crippen LogP contribution in [0.25, 0.3) is 0 Å². The number of benzene rings is 1. The third-order valence-electron chi connectivity index (χ3n) is 2.28. The molecule has 0 aliphatic carbocycles.